The zero-order valence-electron chi connectivity index (χ0n) is 15.4. The number of rotatable bonds is 5. The summed E-state index contributed by atoms with van der Waals surface area (Å²) >= 11 is 0.994. The van der Waals surface area contributed by atoms with E-state index in [9.17, 15) is 22.8 Å². The molecule has 10 nitrogen and oxygen atoms in total. The molecule has 28 heavy (non-hydrogen) atoms. The summed E-state index contributed by atoms with van der Waals surface area (Å²) in [5.74, 6) is -1.48. The zero-order chi connectivity index (χ0) is 20.5. The Balaban J connectivity index is 1.73. The van der Waals surface area contributed by atoms with Crippen LogP contribution in [-0.2, 0) is 24.2 Å². The van der Waals surface area contributed by atoms with Crippen LogP contribution in [0.15, 0.2) is 5.10 Å². The summed E-state index contributed by atoms with van der Waals surface area (Å²) in [5, 5.41) is 8.04. The van der Waals surface area contributed by atoms with E-state index in [2.05, 4.69) is 15.4 Å². The minimum absolute atomic E-state index is 0.00747. The zero-order valence-corrected chi connectivity index (χ0v) is 17.1. The first-order valence-electron chi connectivity index (χ1n) is 8.76. The van der Waals surface area contributed by atoms with Gasteiger partial charge in [0, 0.05) is 12.8 Å². The molecule has 2 aliphatic rings. The van der Waals surface area contributed by atoms with Crippen LogP contribution in [0.2, 0.25) is 0 Å². The lowest BCUT2D eigenvalue weighted by Crippen LogP contribution is -2.42. The molecule has 0 bridgehead atoms. The number of nitrogens with one attached hydrogen (secondary N) is 1. The van der Waals surface area contributed by atoms with E-state index in [1.54, 1.807) is 13.8 Å². The van der Waals surface area contributed by atoms with Crippen LogP contribution in [0.3, 0.4) is 0 Å². The molecule has 0 spiro atoms. The Hall–Kier alpha value is -2.34. The first-order chi connectivity index (χ1) is 13.2. The number of amides is 2. The summed E-state index contributed by atoms with van der Waals surface area (Å²) in [6.07, 6.45) is 0.532. The molecule has 1 fully saturated rings. The average Bonchev–Trinajstić information content (AvgIpc) is 3.17. The van der Waals surface area contributed by atoms with Crippen LogP contribution in [0.25, 0.3) is 0 Å². The molecule has 0 radical (unpaired) electrons. The number of hydrogen-bond acceptors (Lipinski definition) is 9. The lowest BCUT2D eigenvalue weighted by molar-refractivity contribution is -0.133. The van der Waals surface area contributed by atoms with E-state index in [-0.39, 0.29) is 47.7 Å². The molecule has 1 aromatic heterocycles. The van der Waals surface area contributed by atoms with Gasteiger partial charge in [0.15, 0.2) is 15.0 Å². The number of aromatic nitrogens is 1. The van der Waals surface area contributed by atoms with Gasteiger partial charge in [0.05, 0.1) is 29.8 Å². The number of hydrazone groups is 1. The summed E-state index contributed by atoms with van der Waals surface area (Å²) in [6.45, 7) is 3.56. The summed E-state index contributed by atoms with van der Waals surface area (Å²) in [6, 6.07) is -0.543. The third kappa shape index (κ3) is 4.38. The molecule has 3 heterocycles. The van der Waals surface area contributed by atoms with Gasteiger partial charge < -0.3 is 4.74 Å². The van der Waals surface area contributed by atoms with Gasteiger partial charge in [0.25, 0.3) is 5.91 Å². The van der Waals surface area contributed by atoms with Crippen molar-refractivity contribution in [2.24, 2.45) is 5.10 Å². The second kappa shape index (κ2) is 7.95. The van der Waals surface area contributed by atoms with Gasteiger partial charge in [-0.05, 0) is 20.3 Å². The van der Waals surface area contributed by atoms with Crippen molar-refractivity contribution in [3.05, 3.63) is 10.6 Å². The third-order valence-electron chi connectivity index (χ3n) is 4.35. The quantitative estimate of drug-likeness (QED) is 0.683. The Labute approximate surface area is 165 Å². The van der Waals surface area contributed by atoms with Crippen molar-refractivity contribution in [3.8, 4) is 0 Å². The van der Waals surface area contributed by atoms with Crippen LogP contribution >= 0.6 is 11.3 Å². The third-order valence-corrected chi connectivity index (χ3v) is 7.16. The predicted molar refractivity (Wildman–Crippen MR) is 102 cm³/mol. The predicted octanol–water partition coefficient (Wildman–Crippen LogP) is 0.732. The van der Waals surface area contributed by atoms with Crippen LogP contribution in [0.1, 0.15) is 41.6 Å². The van der Waals surface area contributed by atoms with Gasteiger partial charge in [-0.15, -0.1) is 0 Å². The van der Waals surface area contributed by atoms with Crippen molar-refractivity contribution < 1.29 is 27.5 Å². The van der Waals surface area contributed by atoms with Crippen molar-refractivity contribution in [1.29, 1.82) is 0 Å². The number of carbonyl (C=O) groups is 3. The molecule has 0 aromatic carbocycles. The van der Waals surface area contributed by atoms with Crippen LogP contribution in [0.4, 0.5) is 5.13 Å². The molecule has 1 atom stereocenters. The van der Waals surface area contributed by atoms with Gasteiger partial charge in [0.2, 0.25) is 5.91 Å². The van der Waals surface area contributed by atoms with E-state index in [1.165, 1.54) is 0 Å². The standard InChI is InChI=1S/C16H20N4O6S2/c1-3-26-15(23)13-9(2)17-16(27-13)18-14(22)11-4-5-12(21)20(19-11)10-6-7-28(24,25)8-10/h10H,3-8H2,1-2H3,(H,17,18,22)/t10-/m1/s1. The van der Waals surface area contributed by atoms with E-state index in [1.807, 2.05) is 0 Å². The molecule has 0 saturated carbocycles. The van der Waals surface area contributed by atoms with Crippen LogP contribution < -0.4 is 5.32 Å². The van der Waals surface area contributed by atoms with Crippen molar-refractivity contribution in [2.45, 2.75) is 39.2 Å². The molecule has 3 rings (SSSR count). The van der Waals surface area contributed by atoms with Gasteiger partial charge in [0.1, 0.15) is 10.6 Å². The first-order valence-corrected chi connectivity index (χ1v) is 11.4. The largest absolute Gasteiger partial charge is 0.462 e. The van der Waals surface area contributed by atoms with E-state index in [0.717, 1.165) is 16.3 Å². The van der Waals surface area contributed by atoms with Crippen molar-refractivity contribution in [3.63, 3.8) is 0 Å². The lowest BCUT2D eigenvalue weighted by Gasteiger charge is -2.27. The topological polar surface area (TPSA) is 135 Å². The molecule has 1 saturated heterocycles. The summed E-state index contributed by atoms with van der Waals surface area (Å²) in [5.41, 5.74) is 0.562. The maximum Gasteiger partial charge on any atom is 0.350 e. The van der Waals surface area contributed by atoms with E-state index < -0.39 is 27.8 Å². The number of anilines is 1. The maximum atomic E-state index is 12.5. The van der Waals surface area contributed by atoms with Crippen LogP contribution in [-0.4, -0.2) is 66.1 Å². The van der Waals surface area contributed by atoms with Crippen molar-refractivity contribution in [1.82, 2.24) is 9.99 Å². The molecule has 2 amide bonds. The molecular weight excluding hydrogens is 408 g/mol. The van der Waals surface area contributed by atoms with E-state index in [0.29, 0.717) is 17.0 Å². The second-order valence-electron chi connectivity index (χ2n) is 6.45. The number of sulfone groups is 1. The lowest BCUT2D eigenvalue weighted by atomic mass is 10.1. The molecule has 1 aromatic rings. The Kier molecular flexibility index (Phi) is 5.79. The van der Waals surface area contributed by atoms with Crippen molar-refractivity contribution >= 4 is 49.8 Å². The molecular formula is C16H20N4O6S2. The summed E-state index contributed by atoms with van der Waals surface area (Å²) in [7, 11) is -3.19. The highest BCUT2D eigenvalue weighted by Crippen LogP contribution is 2.25. The van der Waals surface area contributed by atoms with Crippen molar-refractivity contribution in [2.75, 3.05) is 23.4 Å². The van der Waals surface area contributed by atoms with Crippen LogP contribution in [0, 0.1) is 6.92 Å². The van der Waals surface area contributed by atoms with E-state index in [4.69, 9.17) is 4.74 Å². The number of ether oxygens (including phenoxy) is 1. The van der Waals surface area contributed by atoms with Gasteiger partial charge in [-0.3, -0.25) is 14.9 Å². The van der Waals surface area contributed by atoms with Gasteiger partial charge in [-0.2, -0.15) is 5.10 Å². The molecule has 152 valence electrons. The van der Waals surface area contributed by atoms with Gasteiger partial charge in [-0.25, -0.2) is 23.2 Å². The average molecular weight is 428 g/mol. The monoisotopic (exact) mass is 428 g/mol. The number of hydrogen-bond donors (Lipinski definition) is 1. The Bertz CT molecular complexity index is 952. The molecule has 2 aliphatic heterocycles. The summed E-state index contributed by atoms with van der Waals surface area (Å²) in [4.78, 5) is 41.0. The Morgan fingerprint density at radius 2 is 2.11 bits per heavy atom. The SMILES string of the molecule is CCOC(=O)c1sc(NC(=O)C2=NN([C@@H]3CCS(=O)(=O)C3)C(=O)CC2)nc1C. The molecule has 12 heteroatoms. The number of aryl methyl sites for hydroxylation is 1. The smallest absolute Gasteiger partial charge is 0.350 e. The van der Waals surface area contributed by atoms with Crippen LogP contribution in [0.5, 0.6) is 0 Å². The maximum absolute atomic E-state index is 12.5. The Morgan fingerprint density at radius 1 is 1.36 bits per heavy atom. The normalized spacial score (nSPS) is 21.4. The minimum atomic E-state index is -3.19. The number of thiazole rings is 1. The fraction of sp³-hybridized carbons (Fsp3) is 0.562. The highest BCUT2D eigenvalue weighted by molar-refractivity contribution is 7.91. The Morgan fingerprint density at radius 3 is 2.75 bits per heavy atom. The van der Waals surface area contributed by atoms with Gasteiger partial charge in [-0.1, -0.05) is 11.3 Å². The van der Waals surface area contributed by atoms with Gasteiger partial charge >= 0.3 is 5.97 Å². The minimum Gasteiger partial charge on any atom is -0.462 e. The highest BCUT2D eigenvalue weighted by atomic mass is 32.2. The molecule has 0 aliphatic carbocycles. The summed E-state index contributed by atoms with van der Waals surface area (Å²) < 4.78 is 28.3. The fourth-order valence-corrected chi connectivity index (χ4v) is 5.54. The number of nitrogens with zero attached hydrogens (tertiary/aromatic N) is 3. The molecule has 1 N–H and O–H groups in total. The first kappa shape index (κ1) is 20.4. The fourth-order valence-electron chi connectivity index (χ4n) is 2.99. The highest BCUT2D eigenvalue weighted by Gasteiger charge is 2.37. The number of esters is 1. The second-order valence-corrected chi connectivity index (χ2v) is 9.68. The number of carbonyl (C=O) groups excluding carboxylic acids is 3. The molecule has 0 unspecified atom stereocenters. The van der Waals surface area contributed by atoms with E-state index >= 15 is 0 Å².